The minimum Gasteiger partial charge on any atom is -0.329 e. The van der Waals surface area contributed by atoms with Gasteiger partial charge in [0.1, 0.15) is 0 Å². The van der Waals surface area contributed by atoms with Gasteiger partial charge in [0.15, 0.2) is 0 Å². The molecule has 3 nitrogen and oxygen atoms in total. The van der Waals surface area contributed by atoms with E-state index in [1.165, 1.54) is 25.7 Å². The summed E-state index contributed by atoms with van der Waals surface area (Å²) in [7, 11) is 0. The van der Waals surface area contributed by atoms with Crippen LogP contribution in [-0.4, -0.2) is 43.2 Å². The van der Waals surface area contributed by atoms with Crippen molar-refractivity contribution in [1.82, 2.24) is 10.2 Å². The third-order valence-electron chi connectivity index (χ3n) is 4.77. The fourth-order valence-electron chi connectivity index (χ4n) is 2.88. The molecule has 3 heteroatoms. The molecule has 1 fully saturated rings. The van der Waals surface area contributed by atoms with Crippen molar-refractivity contribution in [1.29, 1.82) is 0 Å². The van der Waals surface area contributed by atoms with E-state index < -0.39 is 0 Å². The minimum atomic E-state index is 0.211. The van der Waals surface area contributed by atoms with Crippen molar-refractivity contribution in [2.75, 3.05) is 32.7 Å². The van der Waals surface area contributed by atoms with E-state index in [-0.39, 0.29) is 5.54 Å². The monoisotopic (exact) mass is 255 g/mol. The lowest BCUT2D eigenvalue weighted by Gasteiger charge is -2.44. The zero-order valence-electron chi connectivity index (χ0n) is 12.9. The Balaban J connectivity index is 2.38. The lowest BCUT2D eigenvalue weighted by atomic mass is 9.69. The van der Waals surface area contributed by atoms with Gasteiger partial charge in [-0.05, 0) is 44.2 Å². The summed E-state index contributed by atoms with van der Waals surface area (Å²) in [5.41, 5.74) is 6.76. The van der Waals surface area contributed by atoms with E-state index >= 15 is 0 Å². The Morgan fingerprint density at radius 1 is 1.06 bits per heavy atom. The molecule has 108 valence electrons. The second-order valence-corrected chi connectivity index (χ2v) is 6.60. The van der Waals surface area contributed by atoms with Crippen LogP contribution in [0, 0.1) is 5.41 Å². The number of nitrogens with zero attached hydrogens (tertiary/aromatic N) is 1. The van der Waals surface area contributed by atoms with Gasteiger partial charge in [-0.2, -0.15) is 0 Å². The highest BCUT2D eigenvalue weighted by atomic mass is 15.1. The van der Waals surface area contributed by atoms with Crippen molar-refractivity contribution in [2.45, 2.75) is 58.9 Å². The van der Waals surface area contributed by atoms with Crippen LogP contribution in [-0.2, 0) is 0 Å². The fourth-order valence-corrected chi connectivity index (χ4v) is 2.88. The first-order valence-corrected chi connectivity index (χ1v) is 7.64. The van der Waals surface area contributed by atoms with Crippen LogP contribution >= 0.6 is 0 Å². The number of hydrogen-bond acceptors (Lipinski definition) is 3. The third-order valence-corrected chi connectivity index (χ3v) is 4.77. The molecular formula is C15H33N3. The Kier molecular flexibility index (Phi) is 6.09. The van der Waals surface area contributed by atoms with Crippen molar-refractivity contribution in [3.05, 3.63) is 0 Å². The van der Waals surface area contributed by atoms with E-state index in [4.69, 9.17) is 5.73 Å². The molecule has 1 aliphatic carbocycles. The second kappa shape index (κ2) is 6.88. The van der Waals surface area contributed by atoms with Gasteiger partial charge in [0.2, 0.25) is 0 Å². The molecule has 0 aromatic carbocycles. The van der Waals surface area contributed by atoms with Crippen LogP contribution in [0.25, 0.3) is 0 Å². The quantitative estimate of drug-likeness (QED) is 0.733. The summed E-state index contributed by atoms with van der Waals surface area (Å²) >= 11 is 0. The van der Waals surface area contributed by atoms with E-state index in [9.17, 15) is 0 Å². The average molecular weight is 255 g/mol. The molecule has 18 heavy (non-hydrogen) atoms. The molecule has 1 aliphatic rings. The SMILES string of the molecule is CCN(CC)CCNC1(CN)CCC(C)(C)CC1. The first-order valence-electron chi connectivity index (χ1n) is 7.64. The van der Waals surface area contributed by atoms with Gasteiger partial charge in [-0.25, -0.2) is 0 Å². The maximum atomic E-state index is 6.03. The molecule has 0 aromatic rings. The number of nitrogens with one attached hydrogen (secondary N) is 1. The molecule has 1 saturated carbocycles. The summed E-state index contributed by atoms with van der Waals surface area (Å²) in [5, 5.41) is 3.76. The smallest absolute Gasteiger partial charge is 0.0304 e. The minimum absolute atomic E-state index is 0.211. The van der Waals surface area contributed by atoms with E-state index in [0.29, 0.717) is 5.41 Å². The highest BCUT2D eigenvalue weighted by molar-refractivity contribution is 4.96. The number of nitrogens with two attached hydrogens (primary N) is 1. The van der Waals surface area contributed by atoms with Crippen LogP contribution < -0.4 is 11.1 Å². The molecule has 1 rings (SSSR count). The maximum Gasteiger partial charge on any atom is 0.0304 e. The predicted octanol–water partition coefficient (Wildman–Crippen LogP) is 2.22. The molecule has 0 bridgehead atoms. The maximum absolute atomic E-state index is 6.03. The highest BCUT2D eigenvalue weighted by Crippen LogP contribution is 2.39. The largest absolute Gasteiger partial charge is 0.329 e. The normalized spacial score (nSPS) is 22.3. The summed E-state index contributed by atoms with van der Waals surface area (Å²) < 4.78 is 0. The fraction of sp³-hybridized carbons (Fsp3) is 1.00. The van der Waals surface area contributed by atoms with Crippen LogP contribution in [0.5, 0.6) is 0 Å². The predicted molar refractivity (Wildman–Crippen MR) is 79.8 cm³/mol. The van der Waals surface area contributed by atoms with Crippen LogP contribution in [0.3, 0.4) is 0 Å². The lowest BCUT2D eigenvalue weighted by molar-refractivity contribution is 0.136. The first kappa shape index (κ1) is 15.9. The molecule has 0 aliphatic heterocycles. The van der Waals surface area contributed by atoms with E-state index in [1.807, 2.05) is 0 Å². The van der Waals surface area contributed by atoms with Crippen molar-refractivity contribution in [3.63, 3.8) is 0 Å². The van der Waals surface area contributed by atoms with Crippen molar-refractivity contribution < 1.29 is 0 Å². The molecule has 0 aromatic heterocycles. The van der Waals surface area contributed by atoms with Crippen LogP contribution in [0.1, 0.15) is 53.4 Å². The van der Waals surface area contributed by atoms with Gasteiger partial charge >= 0.3 is 0 Å². The van der Waals surface area contributed by atoms with Crippen LogP contribution in [0.2, 0.25) is 0 Å². The molecule has 0 spiro atoms. The van der Waals surface area contributed by atoms with E-state index in [0.717, 1.165) is 32.7 Å². The number of hydrogen-bond donors (Lipinski definition) is 2. The summed E-state index contributed by atoms with van der Waals surface area (Å²) in [5.74, 6) is 0. The second-order valence-electron chi connectivity index (χ2n) is 6.60. The summed E-state index contributed by atoms with van der Waals surface area (Å²) in [6.07, 6.45) is 5.05. The molecule has 0 unspecified atom stereocenters. The van der Waals surface area contributed by atoms with E-state index in [1.54, 1.807) is 0 Å². The molecule has 0 heterocycles. The van der Waals surface area contributed by atoms with Crippen molar-refractivity contribution in [3.8, 4) is 0 Å². The standard InChI is InChI=1S/C15H33N3/c1-5-18(6-2)12-11-17-15(13-16)9-7-14(3,4)8-10-15/h17H,5-13,16H2,1-4H3. The van der Waals surface area contributed by atoms with Gasteiger partial charge < -0.3 is 16.0 Å². The van der Waals surface area contributed by atoms with Gasteiger partial charge in [-0.1, -0.05) is 27.7 Å². The van der Waals surface area contributed by atoms with Gasteiger partial charge in [-0.3, -0.25) is 0 Å². The van der Waals surface area contributed by atoms with Crippen molar-refractivity contribution >= 4 is 0 Å². The first-order chi connectivity index (χ1) is 8.47. The van der Waals surface area contributed by atoms with Gasteiger partial charge in [0.05, 0.1) is 0 Å². The Morgan fingerprint density at radius 3 is 2.06 bits per heavy atom. The Morgan fingerprint density at radius 2 is 1.61 bits per heavy atom. The average Bonchev–Trinajstić information content (AvgIpc) is 2.37. The Bertz CT molecular complexity index is 224. The zero-order valence-corrected chi connectivity index (χ0v) is 12.9. The summed E-state index contributed by atoms with van der Waals surface area (Å²) in [4.78, 5) is 2.46. The zero-order chi connectivity index (χ0) is 13.6. The summed E-state index contributed by atoms with van der Waals surface area (Å²) in [6.45, 7) is 14.5. The molecular weight excluding hydrogens is 222 g/mol. The Hall–Kier alpha value is -0.120. The Labute approximate surface area is 113 Å². The molecule has 3 N–H and O–H groups in total. The van der Waals surface area contributed by atoms with Crippen molar-refractivity contribution in [2.24, 2.45) is 11.1 Å². The lowest BCUT2D eigenvalue weighted by Crippen LogP contribution is -2.55. The van der Waals surface area contributed by atoms with Crippen LogP contribution in [0.15, 0.2) is 0 Å². The molecule has 0 amide bonds. The number of likely N-dealkylation sites (N-methyl/N-ethyl adjacent to an activating group) is 1. The number of rotatable bonds is 7. The summed E-state index contributed by atoms with van der Waals surface area (Å²) in [6, 6.07) is 0. The van der Waals surface area contributed by atoms with Gasteiger partial charge in [0, 0.05) is 25.2 Å². The van der Waals surface area contributed by atoms with E-state index in [2.05, 4.69) is 37.9 Å². The third kappa shape index (κ3) is 4.52. The molecule has 0 saturated heterocycles. The molecule has 0 atom stereocenters. The highest BCUT2D eigenvalue weighted by Gasteiger charge is 2.36. The molecule has 0 radical (unpaired) electrons. The van der Waals surface area contributed by atoms with Gasteiger partial charge in [0.25, 0.3) is 0 Å². The van der Waals surface area contributed by atoms with Gasteiger partial charge in [-0.15, -0.1) is 0 Å². The van der Waals surface area contributed by atoms with Crippen LogP contribution in [0.4, 0.5) is 0 Å². The topological polar surface area (TPSA) is 41.3 Å².